The predicted octanol–water partition coefficient (Wildman–Crippen LogP) is 3.33. The molecule has 1 atom stereocenters. The second-order valence-corrected chi connectivity index (χ2v) is 6.07. The fourth-order valence-corrected chi connectivity index (χ4v) is 1.99. The molecule has 2 N–H and O–H groups in total. The summed E-state index contributed by atoms with van der Waals surface area (Å²) < 4.78 is 43.3. The van der Waals surface area contributed by atoms with Gasteiger partial charge in [0, 0.05) is 12.7 Å². The zero-order chi connectivity index (χ0) is 17.0. The largest absolute Gasteiger partial charge is 0.444 e. The van der Waals surface area contributed by atoms with Crippen molar-refractivity contribution in [2.24, 2.45) is 10.9 Å². The number of halogens is 3. The number of nitrogens with zero attached hydrogens (tertiary/aromatic N) is 1. The van der Waals surface area contributed by atoms with Crippen molar-refractivity contribution >= 4 is 12.1 Å². The summed E-state index contributed by atoms with van der Waals surface area (Å²) in [6.45, 7) is 5.13. The van der Waals surface area contributed by atoms with E-state index in [1.807, 2.05) is 0 Å². The third kappa shape index (κ3) is 6.36. The minimum atomic E-state index is -4.22. The SMILES string of the molecule is CN=C(NC(=O)OC(C)(C)C)NC1=CCCC(C(F)(F)F)C1. The van der Waals surface area contributed by atoms with E-state index >= 15 is 0 Å². The van der Waals surface area contributed by atoms with Crippen LogP contribution in [0.25, 0.3) is 0 Å². The highest BCUT2D eigenvalue weighted by Crippen LogP contribution is 2.36. The van der Waals surface area contributed by atoms with Gasteiger partial charge in [-0.2, -0.15) is 13.2 Å². The first-order valence-electron chi connectivity index (χ1n) is 7.01. The Kier molecular flexibility index (Phi) is 5.85. The Bertz CT molecular complexity index is 465. The lowest BCUT2D eigenvalue weighted by Gasteiger charge is -2.26. The van der Waals surface area contributed by atoms with Gasteiger partial charge in [0.05, 0.1) is 5.92 Å². The number of guanidine groups is 1. The summed E-state index contributed by atoms with van der Waals surface area (Å²) in [6.07, 6.45) is -3.00. The lowest BCUT2D eigenvalue weighted by molar-refractivity contribution is -0.176. The summed E-state index contributed by atoms with van der Waals surface area (Å²) in [7, 11) is 1.42. The maximum atomic E-state index is 12.8. The van der Waals surface area contributed by atoms with Crippen molar-refractivity contribution in [3.63, 3.8) is 0 Å². The summed E-state index contributed by atoms with van der Waals surface area (Å²) >= 11 is 0. The fourth-order valence-electron chi connectivity index (χ4n) is 1.99. The van der Waals surface area contributed by atoms with Gasteiger partial charge in [-0.15, -0.1) is 0 Å². The van der Waals surface area contributed by atoms with Crippen LogP contribution in [0.15, 0.2) is 16.8 Å². The van der Waals surface area contributed by atoms with Gasteiger partial charge in [0.2, 0.25) is 5.96 Å². The standard InChI is InChI=1S/C14H22F3N3O2/c1-13(2,3)22-12(21)20-11(18-4)19-10-7-5-6-9(8-10)14(15,16)17/h7,9H,5-6,8H2,1-4H3,(H2,18,19,20,21). The molecule has 8 heteroatoms. The second-order valence-electron chi connectivity index (χ2n) is 6.07. The number of carbonyl (C=O) groups excluding carboxylic acids is 1. The Morgan fingerprint density at radius 3 is 2.50 bits per heavy atom. The highest BCUT2D eigenvalue weighted by molar-refractivity contribution is 5.94. The molecule has 1 rings (SSSR count). The first kappa shape index (κ1) is 18.3. The predicted molar refractivity (Wildman–Crippen MR) is 77.3 cm³/mol. The molecule has 126 valence electrons. The molecule has 5 nitrogen and oxygen atoms in total. The molecular formula is C14H22F3N3O2. The Labute approximate surface area is 128 Å². The van der Waals surface area contributed by atoms with Gasteiger partial charge in [-0.05, 0) is 40.0 Å². The molecule has 0 saturated heterocycles. The van der Waals surface area contributed by atoms with Crippen molar-refractivity contribution < 1.29 is 22.7 Å². The van der Waals surface area contributed by atoms with Crippen molar-refractivity contribution in [3.05, 3.63) is 11.8 Å². The first-order valence-corrected chi connectivity index (χ1v) is 7.01. The van der Waals surface area contributed by atoms with E-state index in [0.717, 1.165) is 0 Å². The maximum Gasteiger partial charge on any atom is 0.414 e. The van der Waals surface area contributed by atoms with E-state index in [4.69, 9.17) is 4.74 Å². The Morgan fingerprint density at radius 2 is 2.00 bits per heavy atom. The molecule has 0 aromatic carbocycles. The van der Waals surface area contributed by atoms with Crippen LogP contribution in [0.2, 0.25) is 0 Å². The van der Waals surface area contributed by atoms with Gasteiger partial charge in [-0.25, -0.2) is 4.79 Å². The lowest BCUT2D eigenvalue weighted by Crippen LogP contribution is -2.44. The van der Waals surface area contributed by atoms with E-state index in [1.165, 1.54) is 7.05 Å². The van der Waals surface area contributed by atoms with Crippen LogP contribution in [0.3, 0.4) is 0 Å². The normalized spacial score (nSPS) is 20.2. The zero-order valence-corrected chi connectivity index (χ0v) is 13.2. The zero-order valence-electron chi connectivity index (χ0n) is 13.2. The molecule has 0 spiro atoms. The van der Waals surface area contributed by atoms with Gasteiger partial charge in [0.1, 0.15) is 5.60 Å². The van der Waals surface area contributed by atoms with Crippen molar-refractivity contribution in [1.29, 1.82) is 0 Å². The van der Waals surface area contributed by atoms with E-state index < -0.39 is 23.8 Å². The topological polar surface area (TPSA) is 62.7 Å². The molecule has 0 fully saturated rings. The number of rotatable bonds is 1. The number of ether oxygens (including phenoxy) is 1. The number of amides is 1. The average molecular weight is 321 g/mol. The third-order valence-electron chi connectivity index (χ3n) is 2.96. The number of allylic oxidation sites excluding steroid dienone is 2. The molecular weight excluding hydrogens is 299 g/mol. The van der Waals surface area contributed by atoms with Crippen molar-refractivity contribution in [1.82, 2.24) is 10.6 Å². The van der Waals surface area contributed by atoms with Gasteiger partial charge in [-0.1, -0.05) is 6.08 Å². The van der Waals surface area contributed by atoms with E-state index in [2.05, 4.69) is 15.6 Å². The minimum absolute atomic E-state index is 0.0586. The maximum absolute atomic E-state index is 12.8. The number of hydrogen-bond donors (Lipinski definition) is 2. The summed E-state index contributed by atoms with van der Waals surface area (Å²) in [4.78, 5) is 15.5. The molecule has 1 aliphatic carbocycles. The monoisotopic (exact) mass is 321 g/mol. The highest BCUT2D eigenvalue weighted by atomic mass is 19.4. The van der Waals surface area contributed by atoms with Crippen molar-refractivity contribution in [2.45, 2.75) is 51.8 Å². The van der Waals surface area contributed by atoms with Crippen LogP contribution in [-0.2, 0) is 4.74 Å². The molecule has 1 aliphatic rings. The number of alkyl carbamates (subject to hydrolysis) is 1. The summed E-state index contributed by atoms with van der Waals surface area (Å²) in [5, 5.41) is 5.10. The molecule has 0 bridgehead atoms. The molecule has 0 radical (unpaired) electrons. The van der Waals surface area contributed by atoms with Gasteiger partial charge in [0.25, 0.3) is 0 Å². The smallest absolute Gasteiger partial charge is 0.414 e. The fraction of sp³-hybridized carbons (Fsp3) is 0.714. The van der Waals surface area contributed by atoms with E-state index in [9.17, 15) is 18.0 Å². The molecule has 0 saturated carbocycles. The Morgan fingerprint density at radius 1 is 1.36 bits per heavy atom. The number of hydrogen-bond acceptors (Lipinski definition) is 3. The number of carbonyl (C=O) groups is 1. The molecule has 0 aliphatic heterocycles. The third-order valence-corrected chi connectivity index (χ3v) is 2.96. The molecule has 0 heterocycles. The van der Waals surface area contributed by atoms with Crippen LogP contribution in [0.1, 0.15) is 40.0 Å². The van der Waals surface area contributed by atoms with Crippen LogP contribution < -0.4 is 10.6 Å². The van der Waals surface area contributed by atoms with Crippen LogP contribution in [0.5, 0.6) is 0 Å². The van der Waals surface area contributed by atoms with Crippen molar-refractivity contribution in [2.75, 3.05) is 7.05 Å². The summed E-state index contributed by atoms with van der Waals surface area (Å²) in [5.74, 6) is -1.32. The van der Waals surface area contributed by atoms with Gasteiger partial charge < -0.3 is 10.1 Å². The first-order chi connectivity index (χ1) is 10.0. The number of nitrogens with one attached hydrogen (secondary N) is 2. The van der Waals surface area contributed by atoms with E-state index in [1.54, 1.807) is 26.8 Å². The molecule has 22 heavy (non-hydrogen) atoms. The molecule has 0 aromatic rings. The molecule has 1 amide bonds. The quantitative estimate of drug-likeness (QED) is 0.575. The van der Waals surface area contributed by atoms with Crippen LogP contribution in [-0.4, -0.2) is 30.9 Å². The van der Waals surface area contributed by atoms with E-state index in [0.29, 0.717) is 12.1 Å². The summed E-state index contributed by atoms with van der Waals surface area (Å²) in [6, 6.07) is 0. The van der Waals surface area contributed by atoms with Crippen LogP contribution >= 0.6 is 0 Å². The van der Waals surface area contributed by atoms with Crippen LogP contribution in [0, 0.1) is 5.92 Å². The Balaban J connectivity index is 2.60. The van der Waals surface area contributed by atoms with E-state index in [-0.39, 0.29) is 18.8 Å². The van der Waals surface area contributed by atoms with Crippen molar-refractivity contribution in [3.8, 4) is 0 Å². The van der Waals surface area contributed by atoms with Crippen LogP contribution in [0.4, 0.5) is 18.0 Å². The van der Waals surface area contributed by atoms with Gasteiger partial charge in [0.15, 0.2) is 0 Å². The molecule has 1 unspecified atom stereocenters. The number of alkyl halides is 3. The molecule has 0 aromatic heterocycles. The van der Waals surface area contributed by atoms with Gasteiger partial charge in [-0.3, -0.25) is 10.3 Å². The number of aliphatic imine (C=N–C) groups is 1. The second kappa shape index (κ2) is 7.02. The minimum Gasteiger partial charge on any atom is -0.444 e. The highest BCUT2D eigenvalue weighted by Gasteiger charge is 2.40. The summed E-state index contributed by atoms with van der Waals surface area (Å²) in [5.41, 5.74) is -0.278. The Hall–Kier alpha value is -1.73. The van der Waals surface area contributed by atoms with Gasteiger partial charge >= 0.3 is 12.3 Å². The average Bonchev–Trinajstić information content (AvgIpc) is 2.35. The lowest BCUT2D eigenvalue weighted by atomic mass is 9.91.